The summed E-state index contributed by atoms with van der Waals surface area (Å²) in [6, 6.07) is 6.48. The van der Waals surface area contributed by atoms with E-state index in [0.717, 1.165) is 5.56 Å². The van der Waals surface area contributed by atoms with Gasteiger partial charge >= 0.3 is 0 Å². The number of hydrogen-bond acceptors (Lipinski definition) is 3. The van der Waals surface area contributed by atoms with Crippen LogP contribution in [0, 0.1) is 5.82 Å². The smallest absolute Gasteiger partial charge is 0.123 e. The van der Waals surface area contributed by atoms with Crippen molar-refractivity contribution in [2.24, 2.45) is 5.84 Å². The van der Waals surface area contributed by atoms with Crippen molar-refractivity contribution in [3.8, 4) is 0 Å². The second kappa shape index (κ2) is 5.80. The fraction of sp³-hybridized carbons (Fsp3) is 0.455. The largest absolute Gasteiger partial charge is 0.380 e. The van der Waals surface area contributed by atoms with Crippen LogP contribution in [0.25, 0.3) is 0 Å². The van der Waals surface area contributed by atoms with Gasteiger partial charge < -0.3 is 4.74 Å². The third-order valence-corrected chi connectivity index (χ3v) is 2.50. The molecule has 4 heteroatoms. The van der Waals surface area contributed by atoms with Gasteiger partial charge in [-0.1, -0.05) is 12.1 Å². The Morgan fingerprint density at radius 1 is 1.53 bits per heavy atom. The Bertz CT molecular complexity index is 306. The van der Waals surface area contributed by atoms with Crippen molar-refractivity contribution in [3.05, 3.63) is 35.6 Å². The van der Waals surface area contributed by atoms with Gasteiger partial charge in [-0.05, 0) is 31.0 Å². The van der Waals surface area contributed by atoms with Gasteiger partial charge in [0.15, 0.2) is 0 Å². The molecule has 2 unspecified atom stereocenters. The number of methoxy groups -OCH3 is 1. The summed E-state index contributed by atoms with van der Waals surface area (Å²) >= 11 is 0. The first-order valence-electron chi connectivity index (χ1n) is 4.90. The average Bonchev–Trinajstić information content (AvgIpc) is 2.25. The Hall–Kier alpha value is -0.970. The molecule has 0 aliphatic rings. The zero-order chi connectivity index (χ0) is 11.3. The molecule has 1 aromatic carbocycles. The zero-order valence-electron chi connectivity index (χ0n) is 9.03. The Kier molecular flexibility index (Phi) is 4.68. The van der Waals surface area contributed by atoms with Crippen LogP contribution in [0.1, 0.15) is 12.5 Å². The predicted molar refractivity (Wildman–Crippen MR) is 57.7 cm³/mol. The van der Waals surface area contributed by atoms with Crippen LogP contribution in [0.5, 0.6) is 0 Å². The van der Waals surface area contributed by atoms with Crippen molar-refractivity contribution in [2.75, 3.05) is 7.11 Å². The third kappa shape index (κ3) is 3.58. The van der Waals surface area contributed by atoms with Crippen molar-refractivity contribution in [2.45, 2.75) is 25.5 Å². The lowest BCUT2D eigenvalue weighted by Crippen LogP contribution is -2.45. The molecule has 15 heavy (non-hydrogen) atoms. The number of hydrogen-bond donors (Lipinski definition) is 2. The maximum atomic E-state index is 12.9. The van der Waals surface area contributed by atoms with Gasteiger partial charge in [-0.2, -0.15) is 0 Å². The van der Waals surface area contributed by atoms with E-state index in [0.29, 0.717) is 6.42 Å². The summed E-state index contributed by atoms with van der Waals surface area (Å²) in [5, 5.41) is 0. The number of hydrazine groups is 1. The van der Waals surface area contributed by atoms with E-state index in [1.165, 1.54) is 12.1 Å². The lowest BCUT2D eigenvalue weighted by molar-refractivity contribution is 0.0831. The lowest BCUT2D eigenvalue weighted by atomic mass is 10.0. The van der Waals surface area contributed by atoms with Crippen LogP contribution in [-0.2, 0) is 11.2 Å². The first kappa shape index (κ1) is 12.1. The summed E-state index contributed by atoms with van der Waals surface area (Å²) in [6.45, 7) is 1.92. The molecule has 0 saturated heterocycles. The molecule has 0 radical (unpaired) electrons. The van der Waals surface area contributed by atoms with Gasteiger partial charge in [-0.25, -0.2) is 4.39 Å². The lowest BCUT2D eigenvalue weighted by Gasteiger charge is -2.21. The fourth-order valence-electron chi connectivity index (χ4n) is 1.44. The Balaban J connectivity index is 2.66. The maximum absolute atomic E-state index is 12.9. The minimum Gasteiger partial charge on any atom is -0.380 e. The first-order chi connectivity index (χ1) is 7.17. The van der Waals surface area contributed by atoms with Gasteiger partial charge in [0.2, 0.25) is 0 Å². The van der Waals surface area contributed by atoms with Crippen LogP contribution >= 0.6 is 0 Å². The summed E-state index contributed by atoms with van der Waals surface area (Å²) in [7, 11) is 1.63. The summed E-state index contributed by atoms with van der Waals surface area (Å²) in [4.78, 5) is 0. The van der Waals surface area contributed by atoms with Crippen LogP contribution in [-0.4, -0.2) is 19.3 Å². The molecule has 2 atom stereocenters. The van der Waals surface area contributed by atoms with E-state index in [9.17, 15) is 4.39 Å². The summed E-state index contributed by atoms with van der Waals surface area (Å²) < 4.78 is 18.1. The molecule has 3 N–H and O–H groups in total. The molecular formula is C11H17FN2O. The van der Waals surface area contributed by atoms with E-state index >= 15 is 0 Å². The van der Waals surface area contributed by atoms with Crippen LogP contribution in [0.15, 0.2) is 24.3 Å². The van der Waals surface area contributed by atoms with Crippen molar-refractivity contribution in [3.63, 3.8) is 0 Å². The fourth-order valence-corrected chi connectivity index (χ4v) is 1.44. The summed E-state index contributed by atoms with van der Waals surface area (Å²) in [6.07, 6.45) is 0.627. The second-order valence-electron chi connectivity index (χ2n) is 3.55. The predicted octanol–water partition coefficient (Wildman–Crippen LogP) is 1.23. The number of rotatable bonds is 5. The van der Waals surface area contributed by atoms with E-state index < -0.39 is 0 Å². The van der Waals surface area contributed by atoms with Crippen LogP contribution < -0.4 is 11.3 Å². The molecule has 0 aliphatic heterocycles. The highest BCUT2D eigenvalue weighted by atomic mass is 19.1. The molecule has 0 amide bonds. The number of nitrogens with one attached hydrogen (secondary N) is 1. The maximum Gasteiger partial charge on any atom is 0.123 e. The van der Waals surface area contributed by atoms with Gasteiger partial charge in [-0.15, -0.1) is 0 Å². The number of benzene rings is 1. The van der Waals surface area contributed by atoms with E-state index in [1.54, 1.807) is 13.2 Å². The summed E-state index contributed by atoms with van der Waals surface area (Å²) in [5.74, 6) is 5.18. The Morgan fingerprint density at radius 3 is 2.80 bits per heavy atom. The van der Waals surface area contributed by atoms with Crippen molar-refractivity contribution in [1.29, 1.82) is 0 Å². The van der Waals surface area contributed by atoms with E-state index in [4.69, 9.17) is 10.6 Å². The molecule has 84 valence electrons. The third-order valence-electron chi connectivity index (χ3n) is 2.50. The second-order valence-corrected chi connectivity index (χ2v) is 3.55. The quantitative estimate of drug-likeness (QED) is 0.570. The monoisotopic (exact) mass is 212 g/mol. The van der Waals surface area contributed by atoms with Crippen molar-refractivity contribution in [1.82, 2.24) is 5.43 Å². The van der Waals surface area contributed by atoms with Gasteiger partial charge in [0.1, 0.15) is 5.82 Å². The normalized spacial score (nSPS) is 14.9. The van der Waals surface area contributed by atoms with E-state index in [1.807, 2.05) is 13.0 Å². The van der Waals surface area contributed by atoms with Gasteiger partial charge in [-0.3, -0.25) is 11.3 Å². The van der Waals surface area contributed by atoms with Crippen LogP contribution in [0.4, 0.5) is 4.39 Å². The highest BCUT2D eigenvalue weighted by molar-refractivity contribution is 5.17. The Labute approximate surface area is 89.4 Å². The topological polar surface area (TPSA) is 47.3 Å². The highest BCUT2D eigenvalue weighted by Gasteiger charge is 2.15. The van der Waals surface area contributed by atoms with E-state index in [2.05, 4.69) is 5.43 Å². The molecule has 0 bridgehead atoms. The van der Waals surface area contributed by atoms with Crippen molar-refractivity contribution >= 4 is 0 Å². The molecular weight excluding hydrogens is 195 g/mol. The highest BCUT2D eigenvalue weighted by Crippen LogP contribution is 2.09. The molecule has 0 heterocycles. The minimum absolute atomic E-state index is 0.0155. The standard InChI is InChI=1S/C11H17FN2O/c1-8(15-2)11(14-13)7-9-4-3-5-10(12)6-9/h3-6,8,11,14H,7,13H2,1-2H3. The number of nitrogens with two attached hydrogens (primary N) is 1. The Morgan fingerprint density at radius 2 is 2.27 bits per heavy atom. The first-order valence-corrected chi connectivity index (χ1v) is 4.90. The van der Waals surface area contributed by atoms with Gasteiger partial charge in [0.25, 0.3) is 0 Å². The summed E-state index contributed by atoms with van der Waals surface area (Å²) in [5.41, 5.74) is 3.58. The molecule has 0 aromatic heterocycles. The number of ether oxygens (including phenoxy) is 1. The van der Waals surface area contributed by atoms with Crippen LogP contribution in [0.2, 0.25) is 0 Å². The SMILES string of the molecule is COC(C)C(Cc1cccc(F)c1)NN. The minimum atomic E-state index is -0.228. The zero-order valence-corrected chi connectivity index (χ0v) is 9.03. The molecule has 1 aromatic rings. The van der Waals surface area contributed by atoms with Gasteiger partial charge in [0, 0.05) is 7.11 Å². The van der Waals surface area contributed by atoms with E-state index in [-0.39, 0.29) is 18.0 Å². The molecule has 0 saturated carbocycles. The number of halogens is 1. The molecule has 0 aliphatic carbocycles. The molecule has 3 nitrogen and oxygen atoms in total. The van der Waals surface area contributed by atoms with Crippen LogP contribution in [0.3, 0.4) is 0 Å². The molecule has 1 rings (SSSR count). The van der Waals surface area contributed by atoms with Crippen molar-refractivity contribution < 1.29 is 9.13 Å². The molecule has 0 fully saturated rings. The van der Waals surface area contributed by atoms with Gasteiger partial charge in [0.05, 0.1) is 12.1 Å². The average molecular weight is 212 g/mol. The molecule has 0 spiro atoms.